The summed E-state index contributed by atoms with van der Waals surface area (Å²) in [5.41, 5.74) is 5.75. The number of amides is 1. The number of rotatable bonds is 6. The number of nitrogens with two attached hydrogens (primary N) is 1. The van der Waals surface area contributed by atoms with Crippen LogP contribution in [-0.4, -0.2) is 49.8 Å². The maximum absolute atomic E-state index is 12.1. The number of esters is 3. The van der Waals surface area contributed by atoms with Gasteiger partial charge in [0.15, 0.2) is 6.61 Å². The summed E-state index contributed by atoms with van der Waals surface area (Å²) in [5.74, 6) is -3.27. The molecule has 0 aliphatic heterocycles. The van der Waals surface area contributed by atoms with E-state index in [4.69, 9.17) is 10.5 Å². The first-order valence-corrected chi connectivity index (χ1v) is 7.77. The number of nitrogens with one attached hydrogen (secondary N) is 1. The number of ether oxygens (including phenoxy) is 3. The second-order valence-corrected chi connectivity index (χ2v) is 5.41. The lowest BCUT2D eigenvalue weighted by molar-refractivity contribution is -0.119. The summed E-state index contributed by atoms with van der Waals surface area (Å²) in [5, 5.41) is 5.92. The normalized spacial score (nSPS) is 10.1. The maximum Gasteiger partial charge on any atom is 0.346 e. The van der Waals surface area contributed by atoms with E-state index in [-0.39, 0.29) is 34.0 Å². The molecule has 148 valence electrons. The van der Waals surface area contributed by atoms with Crippen LogP contribution in [-0.2, 0) is 19.0 Å². The third kappa shape index (κ3) is 4.63. The number of methoxy groups -OCH3 is 2. The first kappa shape index (κ1) is 20.4. The molecule has 0 saturated heterocycles. The summed E-state index contributed by atoms with van der Waals surface area (Å²) in [6, 6.07) is 3.84. The van der Waals surface area contributed by atoms with Gasteiger partial charge in [-0.05, 0) is 25.1 Å². The summed E-state index contributed by atoms with van der Waals surface area (Å²) in [4.78, 5) is 47.5. The van der Waals surface area contributed by atoms with Crippen LogP contribution in [0, 0.1) is 6.92 Å². The Hall–Kier alpha value is -3.89. The van der Waals surface area contributed by atoms with E-state index in [9.17, 15) is 19.2 Å². The Labute approximate surface area is 158 Å². The molecular weight excluding hydrogens is 374 g/mol. The first-order chi connectivity index (χ1) is 13.3. The predicted octanol–water partition coefficient (Wildman–Crippen LogP) is 0.934. The van der Waals surface area contributed by atoms with Crippen LogP contribution < -0.4 is 11.1 Å². The molecule has 11 heteroatoms. The van der Waals surface area contributed by atoms with E-state index in [0.717, 1.165) is 0 Å². The lowest BCUT2D eigenvalue weighted by Crippen LogP contribution is -2.22. The topological polar surface area (TPSA) is 160 Å². The summed E-state index contributed by atoms with van der Waals surface area (Å²) >= 11 is 0. The van der Waals surface area contributed by atoms with Crippen LogP contribution in [0.1, 0.15) is 36.8 Å². The zero-order chi connectivity index (χ0) is 20.8. The molecule has 2 rings (SSSR count). The molecule has 2 aromatic rings. The van der Waals surface area contributed by atoms with Gasteiger partial charge in [0.2, 0.25) is 5.88 Å². The van der Waals surface area contributed by atoms with Crippen molar-refractivity contribution >= 4 is 35.4 Å². The van der Waals surface area contributed by atoms with Crippen molar-refractivity contribution in [1.82, 2.24) is 5.16 Å². The van der Waals surface area contributed by atoms with E-state index in [2.05, 4.69) is 24.5 Å². The van der Waals surface area contributed by atoms with Crippen molar-refractivity contribution in [2.24, 2.45) is 0 Å². The fourth-order valence-corrected chi connectivity index (χ4v) is 2.21. The lowest BCUT2D eigenvalue weighted by atomic mass is 10.1. The fourth-order valence-electron chi connectivity index (χ4n) is 2.21. The first-order valence-electron chi connectivity index (χ1n) is 7.77. The second kappa shape index (κ2) is 8.66. The average Bonchev–Trinajstić information content (AvgIpc) is 3.02. The highest BCUT2D eigenvalue weighted by Crippen LogP contribution is 2.18. The largest absolute Gasteiger partial charge is 0.465 e. The highest BCUT2D eigenvalue weighted by Gasteiger charge is 2.21. The van der Waals surface area contributed by atoms with Gasteiger partial charge in [-0.2, -0.15) is 0 Å². The smallest absolute Gasteiger partial charge is 0.346 e. The molecule has 0 radical (unpaired) electrons. The van der Waals surface area contributed by atoms with E-state index < -0.39 is 30.4 Å². The van der Waals surface area contributed by atoms with Crippen LogP contribution >= 0.6 is 0 Å². The molecule has 0 bridgehead atoms. The average molecular weight is 391 g/mol. The van der Waals surface area contributed by atoms with Crippen molar-refractivity contribution in [3.8, 4) is 0 Å². The third-order valence-corrected chi connectivity index (χ3v) is 3.49. The van der Waals surface area contributed by atoms with Crippen LogP contribution in [0.5, 0.6) is 0 Å². The van der Waals surface area contributed by atoms with Gasteiger partial charge in [-0.3, -0.25) is 4.79 Å². The molecule has 0 aliphatic rings. The van der Waals surface area contributed by atoms with E-state index in [0.29, 0.717) is 0 Å². The number of carbonyl (C=O) groups is 4. The minimum absolute atomic E-state index is 0.0190. The highest BCUT2D eigenvalue weighted by molar-refractivity contribution is 6.01. The zero-order valence-electron chi connectivity index (χ0n) is 15.2. The van der Waals surface area contributed by atoms with E-state index in [1.165, 1.54) is 39.3 Å². The van der Waals surface area contributed by atoms with E-state index in [1.54, 1.807) is 0 Å². The van der Waals surface area contributed by atoms with Gasteiger partial charge in [-0.15, -0.1) is 0 Å². The standard InChI is InChI=1S/C17H17N3O8/c1-8-13(14(18)28-20-8)17(24)27-7-12(21)19-11-5-9(15(22)25-2)4-10(6-11)16(23)26-3/h4-6H,7,18H2,1-3H3,(H,19,21). The number of hydrogen-bond acceptors (Lipinski definition) is 10. The van der Waals surface area contributed by atoms with Gasteiger partial charge in [0.25, 0.3) is 5.91 Å². The van der Waals surface area contributed by atoms with Crippen molar-refractivity contribution in [2.45, 2.75) is 6.92 Å². The number of carbonyl (C=O) groups excluding carboxylic acids is 4. The van der Waals surface area contributed by atoms with Crippen molar-refractivity contribution in [1.29, 1.82) is 0 Å². The minimum atomic E-state index is -0.884. The van der Waals surface area contributed by atoms with Gasteiger partial charge >= 0.3 is 17.9 Å². The van der Waals surface area contributed by atoms with Gasteiger partial charge in [0.05, 0.1) is 31.0 Å². The van der Waals surface area contributed by atoms with Crippen LogP contribution in [0.3, 0.4) is 0 Å². The Morgan fingerprint density at radius 3 is 2.07 bits per heavy atom. The van der Waals surface area contributed by atoms with Crippen LogP contribution in [0.15, 0.2) is 22.7 Å². The molecule has 0 atom stereocenters. The van der Waals surface area contributed by atoms with Gasteiger partial charge in [-0.25, -0.2) is 14.4 Å². The van der Waals surface area contributed by atoms with Gasteiger partial charge in [0.1, 0.15) is 5.56 Å². The van der Waals surface area contributed by atoms with Crippen LogP contribution in [0.4, 0.5) is 11.6 Å². The van der Waals surface area contributed by atoms with E-state index >= 15 is 0 Å². The molecule has 0 saturated carbocycles. The number of hydrogen-bond donors (Lipinski definition) is 2. The number of nitrogens with zero attached hydrogens (tertiary/aromatic N) is 1. The van der Waals surface area contributed by atoms with Gasteiger partial charge in [-0.1, -0.05) is 5.16 Å². The number of anilines is 2. The molecule has 1 heterocycles. The highest BCUT2D eigenvalue weighted by atomic mass is 16.5. The molecule has 0 fully saturated rings. The van der Waals surface area contributed by atoms with Gasteiger partial charge in [0, 0.05) is 5.69 Å². The molecule has 0 unspecified atom stereocenters. The van der Waals surface area contributed by atoms with Gasteiger partial charge < -0.3 is 29.8 Å². The quantitative estimate of drug-likeness (QED) is 0.535. The summed E-state index contributed by atoms with van der Waals surface area (Å²) in [6.07, 6.45) is 0. The maximum atomic E-state index is 12.1. The monoisotopic (exact) mass is 391 g/mol. The Balaban J connectivity index is 2.11. The molecule has 28 heavy (non-hydrogen) atoms. The molecule has 1 aromatic heterocycles. The molecule has 11 nitrogen and oxygen atoms in total. The summed E-state index contributed by atoms with van der Waals surface area (Å²) < 4.78 is 18.7. The minimum Gasteiger partial charge on any atom is -0.465 e. The zero-order valence-corrected chi connectivity index (χ0v) is 15.2. The molecule has 3 N–H and O–H groups in total. The second-order valence-electron chi connectivity index (χ2n) is 5.41. The van der Waals surface area contributed by atoms with Crippen LogP contribution in [0.25, 0.3) is 0 Å². The van der Waals surface area contributed by atoms with Crippen molar-refractivity contribution in [2.75, 3.05) is 31.9 Å². The Morgan fingerprint density at radius 2 is 1.61 bits per heavy atom. The van der Waals surface area contributed by atoms with Crippen LogP contribution in [0.2, 0.25) is 0 Å². The molecule has 1 amide bonds. The number of benzene rings is 1. The number of aromatic nitrogens is 1. The molecule has 0 aliphatic carbocycles. The molecular formula is C17H17N3O8. The Kier molecular flexibility index (Phi) is 6.32. The SMILES string of the molecule is COC(=O)c1cc(NC(=O)COC(=O)c2c(C)noc2N)cc(C(=O)OC)c1. The summed E-state index contributed by atoms with van der Waals surface area (Å²) in [6.45, 7) is 0.835. The predicted molar refractivity (Wildman–Crippen MR) is 93.7 cm³/mol. The molecule has 0 spiro atoms. The van der Waals surface area contributed by atoms with Crippen molar-refractivity contribution in [3.63, 3.8) is 0 Å². The Bertz CT molecular complexity index is 881. The third-order valence-electron chi connectivity index (χ3n) is 3.49. The van der Waals surface area contributed by atoms with E-state index in [1.807, 2.05) is 0 Å². The molecule has 1 aromatic carbocycles. The van der Waals surface area contributed by atoms with Crippen molar-refractivity contribution < 1.29 is 37.9 Å². The fraction of sp³-hybridized carbons (Fsp3) is 0.235. The Morgan fingerprint density at radius 1 is 1.04 bits per heavy atom. The summed E-state index contributed by atoms with van der Waals surface area (Å²) in [7, 11) is 2.34. The van der Waals surface area contributed by atoms with Crippen molar-refractivity contribution in [3.05, 3.63) is 40.6 Å². The number of aryl methyl sites for hydroxylation is 1. The lowest BCUT2D eigenvalue weighted by Gasteiger charge is -2.10. The number of nitrogen functional groups attached to an aromatic ring is 1.